The fraction of sp³-hybridized carbons (Fsp3) is 0.162. The van der Waals surface area contributed by atoms with Gasteiger partial charge in [-0.1, -0.05) is 24.3 Å². The van der Waals surface area contributed by atoms with Gasteiger partial charge in [-0.15, -0.1) is 0 Å². The number of carbonyl (C=O) groups is 2. The topological polar surface area (TPSA) is 87.8 Å². The van der Waals surface area contributed by atoms with Gasteiger partial charge in [0.15, 0.2) is 0 Å². The molecule has 0 atom stereocenters. The molecule has 1 amide bonds. The number of piperazine rings is 1. The first kappa shape index (κ1) is 32.1. The molecule has 1 aliphatic heterocycles. The largest absolute Gasteiger partial charge is 0.507 e. The van der Waals surface area contributed by atoms with E-state index in [-0.39, 0.29) is 48.3 Å². The highest BCUT2D eigenvalue weighted by atomic mass is 19.1. The van der Waals surface area contributed by atoms with Crippen molar-refractivity contribution in [3.63, 3.8) is 0 Å². The summed E-state index contributed by atoms with van der Waals surface area (Å²) in [5.41, 5.74) is 0.913. The SMILES string of the molecule is O=C(/C=C(/O)c1cc(Cc2c(F)cccc2F)cn(Cc2ccccc2F)c1=O)C(=O)N1CCN(c2ccc(-n3cccc3)cc2)CC1. The van der Waals surface area contributed by atoms with Gasteiger partial charge in [0.05, 0.1) is 12.1 Å². The summed E-state index contributed by atoms with van der Waals surface area (Å²) >= 11 is 0. The summed E-state index contributed by atoms with van der Waals surface area (Å²) in [6.07, 6.45) is 5.59. The Bertz CT molecular complexity index is 2030. The van der Waals surface area contributed by atoms with Gasteiger partial charge in [0, 0.05) is 79.8 Å². The molecule has 1 N–H and O–H groups in total. The van der Waals surface area contributed by atoms with E-state index in [4.69, 9.17) is 0 Å². The Morgan fingerprint density at radius 2 is 1.40 bits per heavy atom. The Kier molecular flexibility index (Phi) is 9.29. The first-order valence-corrected chi connectivity index (χ1v) is 15.3. The lowest BCUT2D eigenvalue weighted by atomic mass is 10.0. The number of pyridine rings is 1. The van der Waals surface area contributed by atoms with E-state index in [2.05, 4.69) is 4.90 Å². The van der Waals surface area contributed by atoms with Crippen molar-refractivity contribution in [1.82, 2.24) is 14.0 Å². The van der Waals surface area contributed by atoms with Gasteiger partial charge in [-0.3, -0.25) is 14.4 Å². The van der Waals surface area contributed by atoms with Gasteiger partial charge in [-0.2, -0.15) is 0 Å². The molecule has 8 nitrogen and oxygen atoms in total. The lowest BCUT2D eigenvalue weighted by molar-refractivity contribution is -0.142. The number of rotatable bonds is 9. The van der Waals surface area contributed by atoms with Crippen molar-refractivity contribution in [2.24, 2.45) is 0 Å². The van der Waals surface area contributed by atoms with Crippen LogP contribution >= 0.6 is 0 Å². The second-order valence-corrected chi connectivity index (χ2v) is 11.4. The normalized spacial score (nSPS) is 13.5. The molecule has 6 rings (SSSR count). The van der Waals surface area contributed by atoms with Crippen molar-refractivity contribution in [2.45, 2.75) is 13.0 Å². The summed E-state index contributed by atoms with van der Waals surface area (Å²) < 4.78 is 46.5. The van der Waals surface area contributed by atoms with E-state index in [1.807, 2.05) is 53.4 Å². The van der Waals surface area contributed by atoms with Crippen molar-refractivity contribution in [2.75, 3.05) is 31.1 Å². The van der Waals surface area contributed by atoms with E-state index in [1.54, 1.807) is 6.07 Å². The highest BCUT2D eigenvalue weighted by molar-refractivity contribution is 6.41. The van der Waals surface area contributed by atoms with Crippen molar-refractivity contribution in [3.8, 4) is 5.69 Å². The standard InChI is InChI=1S/C37H31F3N4O4/c38-31-7-2-1-6-26(31)24-44-23-25(20-29-32(39)8-5-9-33(29)40)21-30(36(44)47)34(45)22-35(46)37(48)43-18-16-42(17-19-43)28-12-10-27(11-13-28)41-14-3-4-15-41/h1-15,21-23,45H,16-20,24H2/b34-22+. The zero-order valence-electron chi connectivity index (χ0n) is 25.7. The van der Waals surface area contributed by atoms with Gasteiger partial charge < -0.3 is 24.0 Å². The number of carbonyl (C=O) groups excluding carboxylic acids is 2. The molecule has 244 valence electrons. The highest BCUT2D eigenvalue weighted by Crippen LogP contribution is 2.21. The molecule has 48 heavy (non-hydrogen) atoms. The quantitative estimate of drug-likeness (QED) is 0.129. The number of halogens is 3. The number of ketones is 1. The fourth-order valence-electron chi connectivity index (χ4n) is 5.74. The second kappa shape index (κ2) is 13.9. The van der Waals surface area contributed by atoms with Crippen LogP contribution in [0.1, 0.15) is 22.3 Å². The Hall–Kier alpha value is -5.84. The average molecular weight is 653 g/mol. The minimum Gasteiger partial charge on any atom is -0.507 e. The lowest BCUT2D eigenvalue weighted by Gasteiger charge is -2.35. The molecule has 0 aliphatic carbocycles. The molecule has 0 spiro atoms. The van der Waals surface area contributed by atoms with E-state index in [9.17, 15) is 32.7 Å². The number of anilines is 1. The van der Waals surface area contributed by atoms with Crippen LogP contribution in [0.4, 0.5) is 18.9 Å². The highest BCUT2D eigenvalue weighted by Gasteiger charge is 2.26. The maximum Gasteiger partial charge on any atom is 0.294 e. The first-order valence-electron chi connectivity index (χ1n) is 15.3. The smallest absolute Gasteiger partial charge is 0.294 e. The monoisotopic (exact) mass is 652 g/mol. The third-order valence-electron chi connectivity index (χ3n) is 8.32. The van der Waals surface area contributed by atoms with Crippen LogP contribution in [-0.4, -0.2) is 57.0 Å². The van der Waals surface area contributed by atoms with E-state index >= 15 is 0 Å². The van der Waals surface area contributed by atoms with Crippen molar-refractivity contribution in [1.29, 1.82) is 0 Å². The Balaban J connectivity index is 1.20. The number of aliphatic hydroxyl groups is 1. The Morgan fingerprint density at radius 3 is 2.06 bits per heavy atom. The van der Waals surface area contributed by atoms with E-state index in [1.165, 1.54) is 41.4 Å². The molecule has 5 aromatic rings. The minimum absolute atomic E-state index is 0.158. The number of benzene rings is 3. The number of hydrogen-bond donors (Lipinski definition) is 1. The summed E-state index contributed by atoms with van der Waals surface area (Å²) in [6.45, 7) is 1.22. The molecule has 2 aromatic heterocycles. The van der Waals surface area contributed by atoms with Crippen LogP contribution in [0.3, 0.4) is 0 Å². The third-order valence-corrected chi connectivity index (χ3v) is 8.32. The summed E-state index contributed by atoms with van der Waals surface area (Å²) in [4.78, 5) is 43.0. The van der Waals surface area contributed by atoms with E-state index in [0.717, 1.165) is 28.1 Å². The zero-order chi connectivity index (χ0) is 33.8. The molecule has 11 heteroatoms. The van der Waals surface area contributed by atoms with Crippen molar-refractivity contribution in [3.05, 3.63) is 160 Å². The molecule has 3 aromatic carbocycles. The van der Waals surface area contributed by atoms with Gasteiger partial charge >= 0.3 is 0 Å². The Morgan fingerprint density at radius 1 is 0.771 bits per heavy atom. The molecule has 1 fully saturated rings. The molecule has 0 radical (unpaired) electrons. The van der Waals surface area contributed by atoms with Crippen molar-refractivity contribution >= 4 is 23.1 Å². The van der Waals surface area contributed by atoms with Crippen molar-refractivity contribution < 1.29 is 27.9 Å². The summed E-state index contributed by atoms with van der Waals surface area (Å²) in [7, 11) is 0. The van der Waals surface area contributed by atoms with Gasteiger partial charge in [0.25, 0.3) is 11.5 Å². The van der Waals surface area contributed by atoms with Crippen LogP contribution in [0.5, 0.6) is 0 Å². The van der Waals surface area contributed by atoms with Crippen LogP contribution in [0, 0.1) is 17.5 Å². The van der Waals surface area contributed by atoms with Crippen LogP contribution in [0.25, 0.3) is 11.4 Å². The first-order chi connectivity index (χ1) is 23.2. The molecule has 3 heterocycles. The zero-order valence-corrected chi connectivity index (χ0v) is 25.7. The van der Waals surface area contributed by atoms with Gasteiger partial charge in [0.1, 0.15) is 23.2 Å². The van der Waals surface area contributed by atoms with Gasteiger partial charge in [-0.25, -0.2) is 13.2 Å². The third kappa shape index (κ3) is 6.95. The van der Waals surface area contributed by atoms with Gasteiger partial charge in [-0.05, 0) is 66.2 Å². The molecule has 0 saturated carbocycles. The summed E-state index contributed by atoms with van der Waals surface area (Å²) in [5.74, 6) is -4.87. The summed E-state index contributed by atoms with van der Waals surface area (Å²) in [5, 5.41) is 11.0. The number of amides is 1. The number of nitrogens with zero attached hydrogens (tertiary/aromatic N) is 4. The predicted molar refractivity (Wildman–Crippen MR) is 176 cm³/mol. The van der Waals surface area contributed by atoms with E-state index in [0.29, 0.717) is 19.2 Å². The van der Waals surface area contributed by atoms with E-state index < -0.39 is 40.5 Å². The maximum absolute atomic E-state index is 14.5. The molecule has 1 saturated heterocycles. The van der Waals surface area contributed by atoms with Crippen LogP contribution in [0.2, 0.25) is 0 Å². The van der Waals surface area contributed by atoms with Gasteiger partial charge in [0.2, 0.25) is 5.78 Å². The Labute approximate surface area is 274 Å². The molecular formula is C37H31F3N4O4. The molecule has 1 aliphatic rings. The number of aliphatic hydroxyl groups excluding tert-OH is 1. The maximum atomic E-state index is 14.5. The summed E-state index contributed by atoms with van der Waals surface area (Å²) in [6, 6.07) is 22.3. The van der Waals surface area contributed by atoms with Crippen LogP contribution in [0.15, 0.2) is 114 Å². The number of aromatic nitrogens is 2. The average Bonchev–Trinajstić information content (AvgIpc) is 3.64. The molecule has 0 unspecified atom stereocenters. The predicted octanol–water partition coefficient (Wildman–Crippen LogP) is 5.51. The lowest BCUT2D eigenvalue weighted by Crippen LogP contribution is -2.50. The second-order valence-electron chi connectivity index (χ2n) is 11.4. The fourth-order valence-corrected chi connectivity index (χ4v) is 5.74. The van der Waals surface area contributed by atoms with Crippen LogP contribution in [-0.2, 0) is 22.6 Å². The minimum atomic E-state index is -1.04. The number of hydrogen-bond acceptors (Lipinski definition) is 5. The van der Waals surface area contributed by atoms with Crippen LogP contribution < -0.4 is 10.5 Å². The molecule has 0 bridgehead atoms. The molecular weight excluding hydrogens is 621 g/mol.